The first-order valence-electron chi connectivity index (χ1n) is 5.39. The van der Waals surface area contributed by atoms with Gasteiger partial charge in [-0.1, -0.05) is 11.6 Å². The van der Waals surface area contributed by atoms with Crippen LogP contribution in [-0.2, 0) is 4.74 Å². The molecule has 0 unspecified atom stereocenters. The molecule has 1 aliphatic rings. The first-order chi connectivity index (χ1) is 8.42. The summed E-state index contributed by atoms with van der Waals surface area (Å²) >= 11 is 5.68. The van der Waals surface area contributed by atoms with Crippen LogP contribution in [0.2, 0.25) is 5.15 Å². The van der Waals surface area contributed by atoms with Crippen molar-refractivity contribution in [2.45, 2.75) is 31.2 Å². The van der Waals surface area contributed by atoms with Gasteiger partial charge in [0.25, 0.3) is 0 Å². The third kappa shape index (κ3) is 4.03. The Morgan fingerprint density at radius 3 is 2.67 bits per heavy atom. The predicted octanol–water partition coefficient (Wildman–Crippen LogP) is 3.22. The zero-order chi connectivity index (χ0) is 13.2. The maximum Gasteiger partial charge on any atom is 0.411 e. The molecule has 0 aliphatic heterocycles. The molecular formula is C11H11ClF3NO2. The molecule has 7 heteroatoms. The van der Waals surface area contributed by atoms with Crippen molar-refractivity contribution in [2.24, 2.45) is 0 Å². The molecule has 0 amide bonds. The second-order valence-corrected chi connectivity index (χ2v) is 4.46. The van der Waals surface area contributed by atoms with Crippen LogP contribution >= 0.6 is 11.6 Å². The molecule has 1 heterocycles. The number of halogens is 4. The highest BCUT2D eigenvalue weighted by molar-refractivity contribution is 6.29. The molecule has 0 aromatic carbocycles. The Labute approximate surface area is 107 Å². The zero-order valence-corrected chi connectivity index (χ0v) is 10.0. The van der Waals surface area contributed by atoms with Crippen molar-refractivity contribution in [1.82, 2.24) is 4.98 Å². The normalized spacial score (nSPS) is 23.6. The number of nitrogens with zero attached hydrogens (tertiary/aromatic N) is 1. The minimum atomic E-state index is -4.27. The number of rotatable bonds is 4. The van der Waals surface area contributed by atoms with E-state index >= 15 is 0 Å². The average molecular weight is 282 g/mol. The lowest BCUT2D eigenvalue weighted by Gasteiger charge is -2.35. The van der Waals surface area contributed by atoms with Gasteiger partial charge in [-0.05, 0) is 6.07 Å². The van der Waals surface area contributed by atoms with E-state index in [9.17, 15) is 13.2 Å². The summed E-state index contributed by atoms with van der Waals surface area (Å²) in [6.45, 7) is -1.20. The minimum Gasteiger partial charge on any atom is -0.490 e. The van der Waals surface area contributed by atoms with E-state index in [1.54, 1.807) is 12.1 Å². The van der Waals surface area contributed by atoms with Crippen LogP contribution < -0.4 is 4.74 Å². The summed E-state index contributed by atoms with van der Waals surface area (Å²) < 4.78 is 45.9. The first kappa shape index (κ1) is 13.4. The van der Waals surface area contributed by atoms with Crippen LogP contribution in [0.25, 0.3) is 0 Å². The van der Waals surface area contributed by atoms with E-state index < -0.39 is 12.8 Å². The summed E-state index contributed by atoms with van der Waals surface area (Å²) in [5.41, 5.74) is 0. The molecule has 0 spiro atoms. The zero-order valence-electron chi connectivity index (χ0n) is 9.28. The Morgan fingerprint density at radius 2 is 2.06 bits per heavy atom. The van der Waals surface area contributed by atoms with Gasteiger partial charge in [-0.25, -0.2) is 4.98 Å². The van der Waals surface area contributed by atoms with Gasteiger partial charge in [-0.3, -0.25) is 0 Å². The Bertz CT molecular complexity index is 408. The largest absolute Gasteiger partial charge is 0.490 e. The van der Waals surface area contributed by atoms with Crippen LogP contribution in [0, 0.1) is 0 Å². The Hall–Kier alpha value is -1.01. The van der Waals surface area contributed by atoms with Gasteiger partial charge in [-0.15, -0.1) is 0 Å². The molecule has 3 nitrogen and oxygen atoms in total. The van der Waals surface area contributed by atoms with Gasteiger partial charge in [0.15, 0.2) is 0 Å². The van der Waals surface area contributed by atoms with Crippen molar-refractivity contribution in [1.29, 1.82) is 0 Å². The molecule has 1 aromatic rings. The Morgan fingerprint density at radius 1 is 1.33 bits per heavy atom. The summed E-state index contributed by atoms with van der Waals surface area (Å²) in [5, 5.41) is 0.316. The fourth-order valence-electron chi connectivity index (χ4n) is 1.61. The smallest absolute Gasteiger partial charge is 0.411 e. The van der Waals surface area contributed by atoms with Gasteiger partial charge in [0.1, 0.15) is 23.6 Å². The highest BCUT2D eigenvalue weighted by Crippen LogP contribution is 2.30. The maximum absolute atomic E-state index is 11.9. The van der Waals surface area contributed by atoms with Crippen LogP contribution in [0.4, 0.5) is 13.2 Å². The fourth-order valence-corrected chi connectivity index (χ4v) is 1.78. The lowest BCUT2D eigenvalue weighted by atomic mass is 9.92. The monoisotopic (exact) mass is 281 g/mol. The fraction of sp³-hybridized carbons (Fsp3) is 0.545. The first-order valence-corrected chi connectivity index (χ1v) is 5.77. The number of hydrogen-bond donors (Lipinski definition) is 0. The average Bonchev–Trinajstić information content (AvgIpc) is 2.20. The van der Waals surface area contributed by atoms with Crippen LogP contribution in [0.15, 0.2) is 18.3 Å². The molecule has 0 atom stereocenters. The molecule has 0 bridgehead atoms. The van der Waals surface area contributed by atoms with Gasteiger partial charge < -0.3 is 9.47 Å². The highest BCUT2D eigenvalue weighted by Gasteiger charge is 2.36. The van der Waals surface area contributed by atoms with Gasteiger partial charge in [0.05, 0.1) is 6.10 Å². The molecule has 100 valence electrons. The third-order valence-corrected chi connectivity index (χ3v) is 2.74. The molecule has 1 aromatic heterocycles. The molecule has 18 heavy (non-hydrogen) atoms. The molecule has 0 saturated heterocycles. The van der Waals surface area contributed by atoms with E-state index in [-0.39, 0.29) is 12.2 Å². The van der Waals surface area contributed by atoms with E-state index in [2.05, 4.69) is 4.98 Å². The summed E-state index contributed by atoms with van der Waals surface area (Å²) in [7, 11) is 0. The van der Waals surface area contributed by atoms with Crippen molar-refractivity contribution < 1.29 is 22.6 Å². The van der Waals surface area contributed by atoms with E-state index in [1.807, 2.05) is 0 Å². The maximum atomic E-state index is 11.9. The minimum absolute atomic E-state index is 0.123. The number of ether oxygens (including phenoxy) is 2. The standard InChI is InChI=1S/C11H11ClF3NO2/c12-10-5-7(1-2-16-10)18-9-3-8(4-9)17-6-11(13,14)15/h1-2,5,8-9H,3-4,6H2. The lowest BCUT2D eigenvalue weighted by molar-refractivity contribution is -0.199. The molecular weight excluding hydrogens is 271 g/mol. The number of alkyl halides is 3. The van der Waals surface area contributed by atoms with E-state index in [4.69, 9.17) is 21.1 Å². The molecule has 0 N–H and O–H groups in total. The summed E-state index contributed by atoms with van der Waals surface area (Å²) in [6, 6.07) is 3.21. The lowest BCUT2D eigenvalue weighted by Crippen LogP contribution is -2.41. The predicted molar refractivity (Wildman–Crippen MR) is 58.7 cm³/mol. The van der Waals surface area contributed by atoms with Crippen molar-refractivity contribution in [3.8, 4) is 5.75 Å². The summed E-state index contributed by atoms with van der Waals surface area (Å²) in [4.78, 5) is 3.80. The van der Waals surface area contributed by atoms with E-state index in [0.717, 1.165) is 0 Å². The van der Waals surface area contributed by atoms with Gasteiger partial charge >= 0.3 is 6.18 Å². The van der Waals surface area contributed by atoms with Crippen molar-refractivity contribution in [3.05, 3.63) is 23.5 Å². The van der Waals surface area contributed by atoms with Crippen molar-refractivity contribution >= 4 is 11.6 Å². The number of pyridine rings is 1. The summed E-state index contributed by atoms with van der Waals surface area (Å²) in [5.74, 6) is 0.564. The SMILES string of the molecule is FC(F)(F)COC1CC(Oc2ccnc(Cl)c2)C1. The molecule has 1 aliphatic carbocycles. The Kier molecular flexibility index (Phi) is 3.97. The van der Waals surface area contributed by atoms with Gasteiger partial charge in [0, 0.05) is 25.1 Å². The van der Waals surface area contributed by atoms with Crippen LogP contribution in [0.3, 0.4) is 0 Å². The van der Waals surface area contributed by atoms with Crippen molar-refractivity contribution in [3.63, 3.8) is 0 Å². The van der Waals surface area contributed by atoms with Crippen LogP contribution in [0.1, 0.15) is 12.8 Å². The molecule has 1 saturated carbocycles. The molecule has 0 radical (unpaired) electrons. The van der Waals surface area contributed by atoms with Gasteiger partial charge in [-0.2, -0.15) is 13.2 Å². The topological polar surface area (TPSA) is 31.4 Å². The number of aromatic nitrogens is 1. The van der Waals surface area contributed by atoms with E-state index in [1.165, 1.54) is 6.20 Å². The van der Waals surface area contributed by atoms with Crippen LogP contribution in [-0.4, -0.2) is 30.0 Å². The van der Waals surface area contributed by atoms with Crippen LogP contribution in [0.5, 0.6) is 5.75 Å². The third-order valence-electron chi connectivity index (χ3n) is 2.54. The second kappa shape index (κ2) is 5.32. The summed E-state index contributed by atoms with van der Waals surface area (Å²) in [6.07, 6.45) is -2.36. The van der Waals surface area contributed by atoms with E-state index in [0.29, 0.717) is 23.7 Å². The van der Waals surface area contributed by atoms with Crippen molar-refractivity contribution in [2.75, 3.05) is 6.61 Å². The molecule has 2 rings (SSSR count). The quantitative estimate of drug-likeness (QED) is 0.794. The molecule has 1 fully saturated rings. The number of hydrogen-bond acceptors (Lipinski definition) is 3. The second-order valence-electron chi connectivity index (χ2n) is 4.07. The Balaban J connectivity index is 1.70. The van der Waals surface area contributed by atoms with Gasteiger partial charge in [0.2, 0.25) is 0 Å². The highest BCUT2D eigenvalue weighted by atomic mass is 35.5.